The topological polar surface area (TPSA) is 58.7 Å². The van der Waals surface area contributed by atoms with Crippen molar-refractivity contribution in [2.24, 2.45) is 0 Å². The Morgan fingerprint density at radius 3 is 2.58 bits per heavy atom. The molecule has 0 spiro atoms. The quantitative estimate of drug-likeness (QED) is 0.810. The highest BCUT2D eigenvalue weighted by atomic mass is 16.5. The van der Waals surface area contributed by atoms with Gasteiger partial charge in [-0.25, -0.2) is 0 Å². The van der Waals surface area contributed by atoms with Gasteiger partial charge in [-0.3, -0.25) is 4.90 Å². The van der Waals surface area contributed by atoms with Gasteiger partial charge in [-0.15, -0.1) is 0 Å². The average Bonchev–Trinajstić information content (AvgIpc) is 2.64. The average molecular weight is 262 g/mol. The Balaban J connectivity index is 1.52. The zero-order valence-corrected chi connectivity index (χ0v) is 11.2. The lowest BCUT2D eigenvalue weighted by Crippen LogP contribution is -2.46. The number of rotatable bonds is 4. The fourth-order valence-corrected chi connectivity index (χ4v) is 3.48. The van der Waals surface area contributed by atoms with Crippen molar-refractivity contribution in [2.75, 3.05) is 18.9 Å². The SMILES string of the molecule is Nc1ccccc1OCCN1C2CCC1CC(O)C2. The number of nitrogens with two attached hydrogens (primary N) is 1. The number of hydrogen-bond acceptors (Lipinski definition) is 4. The van der Waals surface area contributed by atoms with Crippen LogP contribution in [0.3, 0.4) is 0 Å². The van der Waals surface area contributed by atoms with Gasteiger partial charge in [-0.1, -0.05) is 12.1 Å². The number of aliphatic hydroxyl groups is 1. The van der Waals surface area contributed by atoms with Crippen molar-refractivity contribution in [1.82, 2.24) is 4.90 Å². The van der Waals surface area contributed by atoms with Gasteiger partial charge in [0, 0.05) is 18.6 Å². The second kappa shape index (κ2) is 5.39. The van der Waals surface area contributed by atoms with Crippen molar-refractivity contribution in [3.05, 3.63) is 24.3 Å². The van der Waals surface area contributed by atoms with Gasteiger partial charge in [-0.05, 0) is 37.8 Å². The standard InChI is InChI=1S/C15H22N2O2/c16-14-3-1-2-4-15(14)19-8-7-17-11-5-6-12(17)10-13(18)9-11/h1-4,11-13,18H,5-10,16H2. The first kappa shape index (κ1) is 12.8. The molecule has 2 bridgehead atoms. The molecule has 2 aliphatic rings. The Kier molecular flexibility index (Phi) is 3.62. The van der Waals surface area contributed by atoms with Gasteiger partial charge in [-0.2, -0.15) is 0 Å². The van der Waals surface area contributed by atoms with E-state index in [0.29, 0.717) is 24.4 Å². The number of anilines is 1. The Morgan fingerprint density at radius 1 is 1.21 bits per heavy atom. The molecule has 4 nitrogen and oxygen atoms in total. The lowest BCUT2D eigenvalue weighted by atomic mass is 10.0. The number of hydrogen-bond donors (Lipinski definition) is 2. The summed E-state index contributed by atoms with van der Waals surface area (Å²) >= 11 is 0. The van der Waals surface area contributed by atoms with E-state index >= 15 is 0 Å². The largest absolute Gasteiger partial charge is 0.490 e. The van der Waals surface area contributed by atoms with Gasteiger partial charge in [0.05, 0.1) is 11.8 Å². The molecular weight excluding hydrogens is 240 g/mol. The summed E-state index contributed by atoms with van der Waals surface area (Å²) in [5, 5.41) is 9.77. The van der Waals surface area contributed by atoms with Crippen LogP contribution >= 0.6 is 0 Å². The first-order valence-corrected chi connectivity index (χ1v) is 7.15. The van der Waals surface area contributed by atoms with E-state index in [1.807, 2.05) is 24.3 Å². The second-order valence-electron chi connectivity index (χ2n) is 5.63. The minimum atomic E-state index is -0.0977. The van der Waals surface area contributed by atoms with Gasteiger partial charge in [0.1, 0.15) is 12.4 Å². The van der Waals surface area contributed by atoms with Gasteiger partial charge in [0.2, 0.25) is 0 Å². The molecule has 2 unspecified atom stereocenters. The molecule has 2 atom stereocenters. The Hall–Kier alpha value is -1.26. The molecule has 19 heavy (non-hydrogen) atoms. The first-order valence-electron chi connectivity index (χ1n) is 7.15. The fraction of sp³-hybridized carbons (Fsp3) is 0.600. The summed E-state index contributed by atoms with van der Waals surface area (Å²) < 4.78 is 5.76. The van der Waals surface area contributed by atoms with E-state index in [2.05, 4.69) is 4.90 Å². The van der Waals surface area contributed by atoms with E-state index in [1.54, 1.807) is 0 Å². The van der Waals surface area contributed by atoms with Crippen molar-refractivity contribution < 1.29 is 9.84 Å². The van der Waals surface area contributed by atoms with Crippen LogP contribution in [0.1, 0.15) is 25.7 Å². The van der Waals surface area contributed by atoms with E-state index < -0.39 is 0 Å². The van der Waals surface area contributed by atoms with Crippen LogP contribution in [-0.2, 0) is 0 Å². The lowest BCUT2D eigenvalue weighted by Gasteiger charge is -2.36. The van der Waals surface area contributed by atoms with Crippen LogP contribution in [0.4, 0.5) is 5.69 Å². The highest BCUT2D eigenvalue weighted by molar-refractivity contribution is 5.51. The van der Waals surface area contributed by atoms with E-state index in [1.165, 1.54) is 12.8 Å². The monoisotopic (exact) mass is 262 g/mol. The summed E-state index contributed by atoms with van der Waals surface area (Å²) in [5.74, 6) is 0.770. The molecule has 104 valence electrons. The number of nitrogens with zero attached hydrogens (tertiary/aromatic N) is 1. The van der Waals surface area contributed by atoms with Crippen molar-refractivity contribution in [2.45, 2.75) is 43.9 Å². The van der Waals surface area contributed by atoms with Gasteiger partial charge < -0.3 is 15.6 Å². The molecule has 4 heteroatoms. The van der Waals surface area contributed by atoms with Crippen LogP contribution in [-0.4, -0.2) is 41.3 Å². The number of ether oxygens (including phenoxy) is 1. The third kappa shape index (κ3) is 2.69. The molecule has 0 saturated carbocycles. The van der Waals surface area contributed by atoms with Crippen LogP contribution in [0, 0.1) is 0 Å². The normalized spacial score (nSPS) is 30.5. The molecule has 0 aliphatic carbocycles. The van der Waals surface area contributed by atoms with Crippen molar-refractivity contribution in [3.63, 3.8) is 0 Å². The predicted molar refractivity (Wildman–Crippen MR) is 75.1 cm³/mol. The minimum absolute atomic E-state index is 0.0977. The summed E-state index contributed by atoms with van der Waals surface area (Å²) in [6.45, 7) is 1.59. The van der Waals surface area contributed by atoms with E-state index in [0.717, 1.165) is 25.1 Å². The maximum absolute atomic E-state index is 9.77. The van der Waals surface area contributed by atoms with E-state index in [4.69, 9.17) is 10.5 Å². The Morgan fingerprint density at radius 2 is 1.89 bits per heavy atom. The molecule has 0 aromatic heterocycles. The Labute approximate surface area is 114 Å². The fourth-order valence-electron chi connectivity index (χ4n) is 3.48. The number of nitrogen functional groups attached to an aromatic ring is 1. The first-order chi connectivity index (χ1) is 9.24. The van der Waals surface area contributed by atoms with E-state index in [-0.39, 0.29) is 6.10 Å². The maximum Gasteiger partial charge on any atom is 0.142 e. The number of piperidine rings is 1. The van der Waals surface area contributed by atoms with Crippen LogP contribution in [0.2, 0.25) is 0 Å². The third-order valence-electron chi connectivity index (χ3n) is 4.39. The summed E-state index contributed by atoms with van der Waals surface area (Å²) in [5.41, 5.74) is 6.55. The zero-order valence-electron chi connectivity index (χ0n) is 11.2. The zero-order chi connectivity index (χ0) is 13.2. The van der Waals surface area contributed by atoms with Gasteiger partial charge >= 0.3 is 0 Å². The lowest BCUT2D eigenvalue weighted by molar-refractivity contribution is 0.0288. The highest BCUT2D eigenvalue weighted by Crippen LogP contribution is 2.35. The summed E-state index contributed by atoms with van der Waals surface area (Å²) in [7, 11) is 0. The number of aliphatic hydroxyl groups excluding tert-OH is 1. The second-order valence-corrected chi connectivity index (χ2v) is 5.63. The summed E-state index contributed by atoms with van der Waals surface area (Å²) in [6, 6.07) is 8.71. The predicted octanol–water partition coefficient (Wildman–Crippen LogP) is 1.64. The van der Waals surface area contributed by atoms with Gasteiger partial charge in [0.15, 0.2) is 0 Å². The third-order valence-corrected chi connectivity index (χ3v) is 4.39. The van der Waals surface area contributed by atoms with E-state index in [9.17, 15) is 5.11 Å². The molecule has 2 aliphatic heterocycles. The molecule has 3 N–H and O–H groups in total. The molecule has 2 saturated heterocycles. The minimum Gasteiger partial charge on any atom is -0.490 e. The van der Waals surface area contributed by atoms with Crippen LogP contribution < -0.4 is 10.5 Å². The summed E-state index contributed by atoms with van der Waals surface area (Å²) in [4.78, 5) is 2.51. The molecule has 2 heterocycles. The molecule has 1 aromatic rings. The summed E-state index contributed by atoms with van der Waals surface area (Å²) in [6.07, 6.45) is 4.18. The molecule has 0 radical (unpaired) electrons. The van der Waals surface area contributed by atoms with Crippen molar-refractivity contribution in [1.29, 1.82) is 0 Å². The van der Waals surface area contributed by atoms with Crippen molar-refractivity contribution in [3.8, 4) is 5.75 Å². The maximum atomic E-state index is 9.77. The molecule has 0 amide bonds. The molecule has 2 fully saturated rings. The van der Waals surface area contributed by atoms with Crippen LogP contribution in [0.5, 0.6) is 5.75 Å². The van der Waals surface area contributed by atoms with Crippen LogP contribution in [0.25, 0.3) is 0 Å². The number of fused-ring (bicyclic) bond motifs is 2. The molecular formula is C15H22N2O2. The van der Waals surface area contributed by atoms with Crippen molar-refractivity contribution >= 4 is 5.69 Å². The molecule has 1 aromatic carbocycles. The van der Waals surface area contributed by atoms with Gasteiger partial charge in [0.25, 0.3) is 0 Å². The number of para-hydroxylation sites is 2. The van der Waals surface area contributed by atoms with Crippen LogP contribution in [0.15, 0.2) is 24.3 Å². The Bertz CT molecular complexity index is 424. The highest BCUT2D eigenvalue weighted by Gasteiger charge is 2.39. The number of benzene rings is 1. The molecule has 3 rings (SSSR count). The smallest absolute Gasteiger partial charge is 0.142 e.